The van der Waals surface area contributed by atoms with Gasteiger partial charge in [-0.25, -0.2) is 0 Å². The number of hydrogen-bond donors (Lipinski definition) is 0. The maximum absolute atomic E-state index is 7.18. The summed E-state index contributed by atoms with van der Waals surface area (Å²) in [7, 11) is 0. The van der Waals surface area contributed by atoms with Crippen LogP contribution in [0.15, 0.2) is 154 Å². The molecule has 2 aromatic heterocycles. The highest BCUT2D eigenvalue weighted by atomic mass is 16.3. The first-order chi connectivity index (χ1) is 37.4. The Morgan fingerprint density at radius 2 is 0.795 bits per heavy atom. The third kappa shape index (κ3) is 5.99. The Kier molecular flexibility index (Phi) is 9.22. The fraction of sp³-hybridized carbons (Fsp3) is 0.333. The summed E-state index contributed by atoms with van der Waals surface area (Å²) >= 11 is 0. The fourth-order valence-corrected chi connectivity index (χ4v) is 16.7. The minimum absolute atomic E-state index is 0.00992. The molecule has 388 valence electrons. The Bertz CT molecular complexity index is 4040. The molecular formula is C72H70BN3O2. The van der Waals surface area contributed by atoms with Crippen LogP contribution in [-0.2, 0) is 27.1 Å². The van der Waals surface area contributed by atoms with Crippen molar-refractivity contribution in [2.24, 2.45) is 0 Å². The first-order valence-corrected chi connectivity index (χ1v) is 29.3. The predicted octanol–water partition coefficient (Wildman–Crippen LogP) is 18.0. The zero-order chi connectivity index (χ0) is 53.2. The number of hydrogen-bond acceptors (Lipinski definition) is 5. The van der Waals surface area contributed by atoms with Crippen molar-refractivity contribution in [3.63, 3.8) is 0 Å². The average Bonchev–Trinajstić information content (AvgIpc) is 3.18. The first kappa shape index (κ1) is 46.9. The summed E-state index contributed by atoms with van der Waals surface area (Å²) < 4.78 is 14.4. The van der Waals surface area contributed by atoms with E-state index in [0.29, 0.717) is 0 Å². The van der Waals surface area contributed by atoms with E-state index in [1.165, 1.54) is 91.2 Å². The van der Waals surface area contributed by atoms with E-state index < -0.39 is 0 Å². The van der Waals surface area contributed by atoms with Crippen molar-refractivity contribution >= 4 is 112 Å². The Labute approximate surface area is 460 Å². The number of benzene rings is 8. The van der Waals surface area contributed by atoms with Crippen molar-refractivity contribution in [1.29, 1.82) is 0 Å². The SMILES string of the molecule is CC1(C)CCC(C)(C)c2cc3c(cc21)B1c2cc4c(cc2N(c2cccc5c2oc2ccccc25)c2cc(N5c6ccccc6C6(C)CCCCC56C)cc(c21)N3c1cccc2c1oc1ccccc12)C(C)(C)CCC4(C)C. The van der Waals surface area contributed by atoms with Gasteiger partial charge in [-0.1, -0.05) is 166 Å². The molecule has 0 N–H and O–H groups in total. The summed E-state index contributed by atoms with van der Waals surface area (Å²) in [5.41, 5.74) is 24.4. The maximum Gasteiger partial charge on any atom is 0.252 e. The Balaban J connectivity index is 1.10. The van der Waals surface area contributed by atoms with E-state index >= 15 is 0 Å². The highest BCUT2D eigenvalue weighted by Crippen LogP contribution is 2.63. The van der Waals surface area contributed by atoms with Crippen LogP contribution >= 0.6 is 0 Å². The summed E-state index contributed by atoms with van der Waals surface area (Å²) in [6.07, 6.45) is 9.25. The Morgan fingerprint density at radius 3 is 1.31 bits per heavy atom. The van der Waals surface area contributed by atoms with Gasteiger partial charge < -0.3 is 23.5 Å². The normalized spacial score (nSPS) is 22.7. The lowest BCUT2D eigenvalue weighted by molar-refractivity contribution is 0.195. The molecule has 16 rings (SSSR count). The van der Waals surface area contributed by atoms with E-state index in [1.807, 2.05) is 0 Å². The van der Waals surface area contributed by atoms with Gasteiger partial charge in [0.25, 0.3) is 6.71 Å². The minimum atomic E-state index is -0.176. The van der Waals surface area contributed by atoms with E-state index in [-0.39, 0.29) is 39.3 Å². The lowest BCUT2D eigenvalue weighted by Crippen LogP contribution is -2.62. The van der Waals surface area contributed by atoms with Crippen molar-refractivity contribution in [2.75, 3.05) is 14.7 Å². The van der Waals surface area contributed by atoms with Crippen molar-refractivity contribution < 1.29 is 8.83 Å². The van der Waals surface area contributed by atoms with Crippen LogP contribution in [0.2, 0.25) is 0 Å². The number of fused-ring (bicyclic) bond motifs is 15. The van der Waals surface area contributed by atoms with Crippen LogP contribution < -0.4 is 31.1 Å². The molecule has 6 heteroatoms. The molecule has 6 aliphatic rings. The number of nitrogens with zero attached hydrogens (tertiary/aromatic N) is 3. The van der Waals surface area contributed by atoms with Gasteiger partial charge in [0.1, 0.15) is 11.2 Å². The molecule has 78 heavy (non-hydrogen) atoms. The van der Waals surface area contributed by atoms with Gasteiger partial charge in [0, 0.05) is 61.1 Å². The molecule has 2 unspecified atom stereocenters. The van der Waals surface area contributed by atoms with Crippen LogP contribution in [0.1, 0.15) is 148 Å². The minimum Gasteiger partial charge on any atom is -0.454 e. The molecule has 1 saturated carbocycles. The van der Waals surface area contributed by atoms with Gasteiger partial charge in [0.2, 0.25) is 0 Å². The van der Waals surface area contributed by atoms with E-state index in [2.05, 4.69) is 230 Å². The quantitative estimate of drug-likeness (QED) is 0.165. The van der Waals surface area contributed by atoms with E-state index in [9.17, 15) is 0 Å². The molecular weight excluding hydrogens is 950 g/mol. The Hall–Kier alpha value is -7.18. The van der Waals surface area contributed by atoms with Crippen LogP contribution in [0, 0.1) is 0 Å². The molecule has 1 fully saturated rings. The molecule has 0 saturated heterocycles. The standard InChI is InChI=1S/C72H70BN3O2/c1-67(2)33-35-69(5,6)51-41-58-53(39-49(51)67)73-54-40-50-52(70(7,8)36-34-68(50,3)4)42-59(54)75(57-28-20-24-47-45-22-12-16-30-63(45)78-66(47)57)61-38-43(76-55-26-14-13-25-48(55)71(9)31-17-18-32-72(71,76)10)37-60(64(61)73)74(58)56-27-19-23-46-44-21-11-15-29-62(44)77-65(46)56/h11-16,19-30,37-42H,17-18,31-36H2,1-10H3. The van der Waals surface area contributed by atoms with Gasteiger partial charge in [-0.3, -0.25) is 0 Å². The van der Waals surface area contributed by atoms with Crippen LogP contribution in [0.4, 0.5) is 45.5 Å². The van der Waals surface area contributed by atoms with Gasteiger partial charge in [0.15, 0.2) is 11.2 Å². The van der Waals surface area contributed by atoms with Gasteiger partial charge in [-0.15, -0.1) is 0 Å². The summed E-state index contributed by atoms with van der Waals surface area (Å²) in [6, 6.07) is 56.2. The van der Waals surface area contributed by atoms with Gasteiger partial charge in [0.05, 0.1) is 16.9 Å². The molecule has 0 amide bonds. The van der Waals surface area contributed by atoms with Gasteiger partial charge >= 0.3 is 0 Å². The highest BCUT2D eigenvalue weighted by molar-refractivity contribution is 7.00. The largest absolute Gasteiger partial charge is 0.454 e. The lowest BCUT2D eigenvalue weighted by Gasteiger charge is -2.51. The fourth-order valence-electron chi connectivity index (χ4n) is 16.7. The molecule has 3 aliphatic carbocycles. The van der Waals surface area contributed by atoms with Gasteiger partial charge in [-0.05, 0) is 166 Å². The van der Waals surface area contributed by atoms with Gasteiger partial charge in [-0.2, -0.15) is 0 Å². The first-order valence-electron chi connectivity index (χ1n) is 29.3. The van der Waals surface area contributed by atoms with Crippen LogP contribution in [0.3, 0.4) is 0 Å². The monoisotopic (exact) mass is 1020 g/mol. The third-order valence-corrected chi connectivity index (χ3v) is 21.5. The van der Waals surface area contributed by atoms with E-state index in [1.54, 1.807) is 0 Å². The smallest absolute Gasteiger partial charge is 0.252 e. The summed E-state index contributed by atoms with van der Waals surface area (Å²) in [5.74, 6) is 0. The second-order valence-electron chi connectivity index (χ2n) is 27.6. The van der Waals surface area contributed by atoms with Crippen molar-refractivity contribution in [1.82, 2.24) is 0 Å². The summed E-state index contributed by atoms with van der Waals surface area (Å²) in [4.78, 5) is 8.13. The molecule has 5 heterocycles. The number of anilines is 8. The molecule has 10 aromatic rings. The third-order valence-electron chi connectivity index (χ3n) is 21.5. The van der Waals surface area contributed by atoms with Crippen molar-refractivity contribution in [2.45, 2.75) is 153 Å². The van der Waals surface area contributed by atoms with E-state index in [0.717, 1.165) is 93.8 Å². The molecule has 3 aliphatic heterocycles. The average molecular weight is 1020 g/mol. The number of rotatable bonds is 3. The van der Waals surface area contributed by atoms with Crippen molar-refractivity contribution in [3.8, 4) is 0 Å². The summed E-state index contributed by atoms with van der Waals surface area (Å²) in [6.45, 7) is 25.0. The van der Waals surface area contributed by atoms with Crippen LogP contribution in [-0.4, -0.2) is 12.3 Å². The highest BCUT2D eigenvalue weighted by Gasteiger charge is 2.58. The summed E-state index contributed by atoms with van der Waals surface area (Å²) in [5, 5.41) is 4.55. The Morgan fingerprint density at radius 1 is 0.372 bits per heavy atom. The second-order valence-corrected chi connectivity index (χ2v) is 27.6. The molecule has 0 radical (unpaired) electrons. The molecule has 0 spiro atoms. The lowest BCUT2D eigenvalue weighted by atomic mass is 9.32. The molecule has 8 aromatic carbocycles. The number of para-hydroxylation sites is 5. The molecule has 0 bridgehead atoms. The van der Waals surface area contributed by atoms with Crippen LogP contribution in [0.5, 0.6) is 0 Å². The number of furan rings is 2. The zero-order valence-corrected chi connectivity index (χ0v) is 47.2. The maximum atomic E-state index is 7.18. The van der Waals surface area contributed by atoms with E-state index in [4.69, 9.17) is 8.83 Å². The second kappa shape index (κ2) is 15.3. The predicted molar refractivity (Wildman–Crippen MR) is 328 cm³/mol. The molecule has 2 atom stereocenters. The molecule has 5 nitrogen and oxygen atoms in total. The van der Waals surface area contributed by atoms with Crippen molar-refractivity contribution in [3.05, 3.63) is 173 Å². The van der Waals surface area contributed by atoms with Crippen LogP contribution in [0.25, 0.3) is 43.9 Å². The topological polar surface area (TPSA) is 36.0 Å². The zero-order valence-electron chi connectivity index (χ0n) is 47.2.